The summed E-state index contributed by atoms with van der Waals surface area (Å²) in [4.78, 5) is 16.1. The highest BCUT2D eigenvalue weighted by molar-refractivity contribution is 5.74. The molecule has 0 radical (unpaired) electrons. The van der Waals surface area contributed by atoms with E-state index in [1.165, 1.54) is 18.6 Å². The zero-order valence-electron chi connectivity index (χ0n) is 8.38. The van der Waals surface area contributed by atoms with E-state index in [1.54, 1.807) is 7.05 Å². The van der Waals surface area contributed by atoms with Crippen LogP contribution in [-0.4, -0.2) is 38.2 Å². The molecule has 0 aliphatic carbocycles. The van der Waals surface area contributed by atoms with Gasteiger partial charge in [-0.15, -0.1) is 0 Å². The molecular weight excluding hydrogens is 168 g/mol. The third kappa shape index (κ3) is 3.32. The van der Waals surface area contributed by atoms with Crippen LogP contribution >= 0.6 is 0 Å². The van der Waals surface area contributed by atoms with Gasteiger partial charge in [-0.05, 0) is 31.8 Å². The molecule has 1 aliphatic heterocycles. The van der Waals surface area contributed by atoms with E-state index in [9.17, 15) is 4.79 Å². The monoisotopic (exact) mass is 186 g/mol. The molecule has 1 amide bonds. The third-order valence-corrected chi connectivity index (χ3v) is 2.55. The van der Waals surface area contributed by atoms with Crippen LogP contribution in [0.4, 0.5) is 0 Å². The van der Waals surface area contributed by atoms with Gasteiger partial charge in [-0.1, -0.05) is 0 Å². The Morgan fingerprint density at radius 2 is 2.46 bits per heavy atom. The number of nitrogens with zero attached hydrogens (tertiary/aromatic N) is 1. The number of hydroxylamine groups is 2. The lowest BCUT2D eigenvalue weighted by Gasteiger charge is -2.14. The molecule has 4 heteroatoms. The summed E-state index contributed by atoms with van der Waals surface area (Å²) in [6.07, 6.45) is 2.76. The molecular formula is C9H18N2O2. The van der Waals surface area contributed by atoms with E-state index in [2.05, 4.69) is 5.32 Å². The largest absolute Gasteiger partial charge is 0.316 e. The maximum Gasteiger partial charge on any atom is 0.245 e. The number of rotatable bonds is 4. The maximum absolute atomic E-state index is 11.3. The van der Waals surface area contributed by atoms with Gasteiger partial charge in [0.25, 0.3) is 0 Å². The van der Waals surface area contributed by atoms with Crippen LogP contribution < -0.4 is 5.32 Å². The zero-order valence-corrected chi connectivity index (χ0v) is 8.38. The van der Waals surface area contributed by atoms with Crippen LogP contribution in [0.2, 0.25) is 0 Å². The number of carbonyl (C=O) groups excluding carboxylic acids is 1. The van der Waals surface area contributed by atoms with Gasteiger partial charge in [0.05, 0.1) is 7.11 Å². The molecule has 0 bridgehead atoms. The molecule has 1 atom stereocenters. The van der Waals surface area contributed by atoms with E-state index >= 15 is 0 Å². The second-order valence-corrected chi connectivity index (χ2v) is 3.47. The fourth-order valence-corrected chi connectivity index (χ4v) is 1.55. The normalized spacial score (nSPS) is 21.8. The Balaban J connectivity index is 2.13. The average Bonchev–Trinajstić information content (AvgIpc) is 2.65. The quantitative estimate of drug-likeness (QED) is 0.646. The van der Waals surface area contributed by atoms with Crippen LogP contribution in [0.15, 0.2) is 0 Å². The van der Waals surface area contributed by atoms with Crippen molar-refractivity contribution in [1.29, 1.82) is 0 Å². The van der Waals surface area contributed by atoms with Crippen molar-refractivity contribution < 1.29 is 9.63 Å². The van der Waals surface area contributed by atoms with Gasteiger partial charge in [-0.25, -0.2) is 5.06 Å². The summed E-state index contributed by atoms with van der Waals surface area (Å²) in [5.74, 6) is 0.739. The van der Waals surface area contributed by atoms with Gasteiger partial charge in [0, 0.05) is 13.5 Å². The van der Waals surface area contributed by atoms with Crippen molar-refractivity contribution in [2.45, 2.75) is 19.3 Å². The molecule has 76 valence electrons. The molecule has 1 N–H and O–H groups in total. The summed E-state index contributed by atoms with van der Waals surface area (Å²) in [6.45, 7) is 2.16. The molecule has 13 heavy (non-hydrogen) atoms. The lowest BCUT2D eigenvalue weighted by Crippen LogP contribution is -2.25. The van der Waals surface area contributed by atoms with Crippen LogP contribution in [0.1, 0.15) is 19.3 Å². The lowest BCUT2D eigenvalue weighted by molar-refractivity contribution is -0.168. The standard InChI is InChI=1S/C9H18N2O2/c1-11(13-2)9(12)4-3-8-5-6-10-7-8/h8,10H,3-7H2,1-2H3. The minimum atomic E-state index is 0.0643. The summed E-state index contributed by atoms with van der Waals surface area (Å²) in [7, 11) is 3.16. The van der Waals surface area contributed by atoms with Crippen molar-refractivity contribution in [3.8, 4) is 0 Å². The van der Waals surface area contributed by atoms with E-state index in [4.69, 9.17) is 4.84 Å². The van der Waals surface area contributed by atoms with Crippen LogP contribution in [0.25, 0.3) is 0 Å². The van der Waals surface area contributed by atoms with Crippen molar-refractivity contribution in [2.24, 2.45) is 5.92 Å². The van der Waals surface area contributed by atoms with Gasteiger partial charge < -0.3 is 5.32 Å². The Morgan fingerprint density at radius 1 is 1.69 bits per heavy atom. The molecule has 4 nitrogen and oxygen atoms in total. The van der Waals surface area contributed by atoms with Gasteiger partial charge in [-0.3, -0.25) is 9.63 Å². The van der Waals surface area contributed by atoms with Crippen molar-refractivity contribution >= 4 is 5.91 Å². The first-order chi connectivity index (χ1) is 6.24. The molecule has 1 rings (SSSR count). The molecule has 1 unspecified atom stereocenters. The number of nitrogens with one attached hydrogen (secondary N) is 1. The molecule has 1 saturated heterocycles. The predicted octanol–water partition coefficient (Wildman–Crippen LogP) is 0.396. The molecule has 1 aliphatic rings. The lowest BCUT2D eigenvalue weighted by atomic mass is 10.0. The Kier molecular flexibility index (Phi) is 4.18. The maximum atomic E-state index is 11.3. The SMILES string of the molecule is CON(C)C(=O)CCC1CCNC1. The summed E-state index contributed by atoms with van der Waals surface area (Å²) in [5, 5.41) is 4.58. The minimum absolute atomic E-state index is 0.0643. The molecule has 1 heterocycles. The van der Waals surface area contributed by atoms with Gasteiger partial charge in [0.2, 0.25) is 5.91 Å². The molecule has 1 fully saturated rings. The highest BCUT2D eigenvalue weighted by Crippen LogP contribution is 2.14. The van der Waals surface area contributed by atoms with Crippen LogP contribution in [0, 0.1) is 5.92 Å². The third-order valence-electron chi connectivity index (χ3n) is 2.55. The first-order valence-corrected chi connectivity index (χ1v) is 4.75. The summed E-state index contributed by atoms with van der Waals surface area (Å²) in [5.41, 5.74) is 0. The minimum Gasteiger partial charge on any atom is -0.316 e. The highest BCUT2D eigenvalue weighted by Gasteiger charge is 2.16. The predicted molar refractivity (Wildman–Crippen MR) is 50.0 cm³/mol. The molecule has 0 aromatic rings. The fourth-order valence-electron chi connectivity index (χ4n) is 1.55. The topological polar surface area (TPSA) is 41.6 Å². The van der Waals surface area contributed by atoms with E-state index in [-0.39, 0.29) is 5.91 Å². The second-order valence-electron chi connectivity index (χ2n) is 3.47. The van der Waals surface area contributed by atoms with Gasteiger partial charge in [0.1, 0.15) is 0 Å². The smallest absolute Gasteiger partial charge is 0.245 e. The second kappa shape index (κ2) is 5.19. The zero-order chi connectivity index (χ0) is 9.68. The van der Waals surface area contributed by atoms with E-state index < -0.39 is 0 Å². The Bertz CT molecular complexity index is 167. The van der Waals surface area contributed by atoms with Gasteiger partial charge in [0.15, 0.2) is 0 Å². The van der Waals surface area contributed by atoms with Crippen molar-refractivity contribution in [2.75, 3.05) is 27.2 Å². The number of hydrogen-bond donors (Lipinski definition) is 1. The van der Waals surface area contributed by atoms with Crippen molar-refractivity contribution in [1.82, 2.24) is 10.4 Å². The van der Waals surface area contributed by atoms with E-state index in [0.29, 0.717) is 12.3 Å². The Labute approximate surface area is 79.2 Å². The first-order valence-electron chi connectivity index (χ1n) is 4.75. The summed E-state index contributed by atoms with van der Waals surface area (Å²) in [6, 6.07) is 0. The van der Waals surface area contributed by atoms with Crippen LogP contribution in [0.3, 0.4) is 0 Å². The van der Waals surface area contributed by atoms with E-state index in [1.807, 2.05) is 0 Å². The average molecular weight is 186 g/mol. The summed E-state index contributed by atoms with van der Waals surface area (Å²) >= 11 is 0. The van der Waals surface area contributed by atoms with Gasteiger partial charge >= 0.3 is 0 Å². The fraction of sp³-hybridized carbons (Fsp3) is 0.889. The molecule has 0 aromatic carbocycles. The number of hydrogen-bond acceptors (Lipinski definition) is 3. The molecule has 0 saturated carbocycles. The van der Waals surface area contributed by atoms with Crippen LogP contribution in [0.5, 0.6) is 0 Å². The van der Waals surface area contributed by atoms with Crippen LogP contribution in [-0.2, 0) is 9.63 Å². The Morgan fingerprint density at radius 3 is 3.00 bits per heavy atom. The Hall–Kier alpha value is -0.610. The van der Waals surface area contributed by atoms with Crippen molar-refractivity contribution in [3.05, 3.63) is 0 Å². The highest BCUT2D eigenvalue weighted by atomic mass is 16.7. The van der Waals surface area contributed by atoms with Crippen molar-refractivity contribution in [3.63, 3.8) is 0 Å². The summed E-state index contributed by atoms with van der Waals surface area (Å²) < 4.78 is 0. The molecule has 0 spiro atoms. The van der Waals surface area contributed by atoms with E-state index in [0.717, 1.165) is 19.5 Å². The first kappa shape index (κ1) is 10.5. The number of amides is 1. The van der Waals surface area contributed by atoms with Gasteiger partial charge in [-0.2, -0.15) is 0 Å². The number of carbonyl (C=O) groups is 1. The molecule has 0 aromatic heterocycles.